The van der Waals surface area contributed by atoms with Crippen LogP contribution in [-0.4, -0.2) is 47.3 Å². The summed E-state index contributed by atoms with van der Waals surface area (Å²) in [5, 5.41) is 0. The van der Waals surface area contributed by atoms with Crippen molar-refractivity contribution in [3.05, 3.63) is 35.9 Å². The zero-order chi connectivity index (χ0) is 14.5. The fraction of sp³-hybridized carbons (Fsp3) is 0.500. The number of carbonyl (C=O) groups excluding carboxylic acids is 2. The second kappa shape index (κ2) is 6.55. The van der Waals surface area contributed by atoms with Crippen LogP contribution < -0.4 is 0 Å². The largest absolute Gasteiger partial charge is 0.340 e. The Kier molecular flexibility index (Phi) is 4.77. The highest BCUT2D eigenvalue weighted by atomic mass is 16.2. The van der Waals surface area contributed by atoms with Crippen LogP contribution in [0.2, 0.25) is 0 Å². The third-order valence-electron chi connectivity index (χ3n) is 3.96. The highest BCUT2D eigenvalue weighted by molar-refractivity contribution is 5.94. The maximum atomic E-state index is 12.3. The standard InChI is InChI=1S/C16H22N2O2/c1-3-18(13(2)19)15-9-11-17(12-10-15)16(20)14-7-5-4-6-8-14/h4-8,15H,3,9-12H2,1-2H3. The second-order valence-electron chi connectivity index (χ2n) is 5.19. The van der Waals surface area contributed by atoms with Gasteiger partial charge in [-0.05, 0) is 31.9 Å². The van der Waals surface area contributed by atoms with Crippen molar-refractivity contribution in [3.63, 3.8) is 0 Å². The zero-order valence-electron chi connectivity index (χ0n) is 12.2. The van der Waals surface area contributed by atoms with E-state index in [1.807, 2.05) is 47.1 Å². The summed E-state index contributed by atoms with van der Waals surface area (Å²) in [5.41, 5.74) is 0.741. The molecule has 108 valence electrons. The molecule has 0 spiro atoms. The Hall–Kier alpha value is -1.84. The molecule has 0 unspecified atom stereocenters. The van der Waals surface area contributed by atoms with Crippen molar-refractivity contribution in [2.75, 3.05) is 19.6 Å². The third kappa shape index (κ3) is 3.18. The van der Waals surface area contributed by atoms with Gasteiger partial charge in [0.1, 0.15) is 0 Å². The molecule has 2 rings (SSSR count). The number of hydrogen-bond acceptors (Lipinski definition) is 2. The highest BCUT2D eigenvalue weighted by Gasteiger charge is 2.27. The van der Waals surface area contributed by atoms with E-state index >= 15 is 0 Å². The average molecular weight is 274 g/mol. The van der Waals surface area contributed by atoms with Crippen molar-refractivity contribution in [3.8, 4) is 0 Å². The lowest BCUT2D eigenvalue weighted by atomic mass is 10.0. The second-order valence-corrected chi connectivity index (χ2v) is 5.19. The van der Waals surface area contributed by atoms with Gasteiger partial charge in [-0.2, -0.15) is 0 Å². The Morgan fingerprint density at radius 1 is 1.20 bits per heavy atom. The molecule has 1 aromatic rings. The predicted molar refractivity (Wildman–Crippen MR) is 78.4 cm³/mol. The van der Waals surface area contributed by atoms with Crippen molar-refractivity contribution >= 4 is 11.8 Å². The SMILES string of the molecule is CCN(C(C)=O)C1CCN(C(=O)c2ccccc2)CC1. The first kappa shape index (κ1) is 14.6. The van der Waals surface area contributed by atoms with E-state index in [0.717, 1.165) is 38.0 Å². The lowest BCUT2D eigenvalue weighted by Gasteiger charge is -2.37. The van der Waals surface area contributed by atoms with Crippen molar-refractivity contribution in [1.29, 1.82) is 0 Å². The summed E-state index contributed by atoms with van der Waals surface area (Å²) in [7, 11) is 0. The molecule has 0 bridgehead atoms. The minimum absolute atomic E-state index is 0.0925. The maximum absolute atomic E-state index is 12.3. The maximum Gasteiger partial charge on any atom is 0.253 e. The molecule has 0 N–H and O–H groups in total. The van der Waals surface area contributed by atoms with Gasteiger partial charge in [-0.1, -0.05) is 18.2 Å². The molecule has 1 aliphatic rings. The predicted octanol–water partition coefficient (Wildman–Crippen LogP) is 2.16. The first-order valence-electron chi connectivity index (χ1n) is 7.25. The molecule has 1 fully saturated rings. The molecule has 0 saturated carbocycles. The van der Waals surface area contributed by atoms with Crippen LogP contribution >= 0.6 is 0 Å². The molecule has 0 aromatic heterocycles. The van der Waals surface area contributed by atoms with Crippen LogP contribution in [0.5, 0.6) is 0 Å². The molecular weight excluding hydrogens is 252 g/mol. The Morgan fingerprint density at radius 3 is 2.30 bits per heavy atom. The van der Waals surface area contributed by atoms with Gasteiger partial charge in [0.2, 0.25) is 5.91 Å². The van der Waals surface area contributed by atoms with E-state index in [9.17, 15) is 9.59 Å². The van der Waals surface area contributed by atoms with Gasteiger partial charge in [-0.25, -0.2) is 0 Å². The van der Waals surface area contributed by atoms with Gasteiger partial charge < -0.3 is 9.80 Å². The van der Waals surface area contributed by atoms with Crippen molar-refractivity contribution in [1.82, 2.24) is 9.80 Å². The lowest BCUT2D eigenvalue weighted by Crippen LogP contribution is -2.48. The lowest BCUT2D eigenvalue weighted by molar-refractivity contribution is -0.131. The molecule has 4 nitrogen and oxygen atoms in total. The van der Waals surface area contributed by atoms with E-state index in [-0.39, 0.29) is 17.9 Å². The first-order chi connectivity index (χ1) is 9.63. The molecule has 1 saturated heterocycles. The van der Waals surface area contributed by atoms with E-state index < -0.39 is 0 Å². The van der Waals surface area contributed by atoms with Crippen LogP contribution in [-0.2, 0) is 4.79 Å². The fourth-order valence-corrected chi connectivity index (χ4v) is 2.88. The molecule has 1 aliphatic heterocycles. The average Bonchev–Trinajstić information content (AvgIpc) is 2.48. The summed E-state index contributed by atoms with van der Waals surface area (Å²) in [4.78, 5) is 27.7. The molecule has 20 heavy (non-hydrogen) atoms. The van der Waals surface area contributed by atoms with Gasteiger partial charge in [0.15, 0.2) is 0 Å². The molecule has 2 amide bonds. The number of benzene rings is 1. The number of piperidine rings is 1. The minimum atomic E-state index is 0.0925. The van der Waals surface area contributed by atoms with Crippen LogP contribution in [0.15, 0.2) is 30.3 Å². The van der Waals surface area contributed by atoms with Gasteiger partial charge in [0.25, 0.3) is 5.91 Å². The van der Waals surface area contributed by atoms with Crippen molar-refractivity contribution < 1.29 is 9.59 Å². The number of nitrogens with zero attached hydrogens (tertiary/aromatic N) is 2. The smallest absolute Gasteiger partial charge is 0.253 e. The Bertz CT molecular complexity index is 465. The zero-order valence-corrected chi connectivity index (χ0v) is 12.2. The van der Waals surface area contributed by atoms with Crippen LogP contribution in [0.3, 0.4) is 0 Å². The number of rotatable bonds is 3. The van der Waals surface area contributed by atoms with Crippen molar-refractivity contribution in [2.24, 2.45) is 0 Å². The van der Waals surface area contributed by atoms with Gasteiger partial charge in [-0.3, -0.25) is 9.59 Å². The third-order valence-corrected chi connectivity index (χ3v) is 3.96. The van der Waals surface area contributed by atoms with Crippen LogP contribution in [0.4, 0.5) is 0 Å². The monoisotopic (exact) mass is 274 g/mol. The van der Waals surface area contributed by atoms with E-state index in [1.165, 1.54) is 0 Å². The molecular formula is C16H22N2O2. The van der Waals surface area contributed by atoms with Gasteiger partial charge in [0.05, 0.1) is 0 Å². The molecule has 1 heterocycles. The van der Waals surface area contributed by atoms with Gasteiger partial charge in [-0.15, -0.1) is 0 Å². The van der Waals surface area contributed by atoms with Gasteiger partial charge in [0, 0.05) is 38.2 Å². The summed E-state index contributed by atoms with van der Waals surface area (Å²) < 4.78 is 0. The van der Waals surface area contributed by atoms with Crippen molar-refractivity contribution in [2.45, 2.75) is 32.7 Å². The highest BCUT2D eigenvalue weighted by Crippen LogP contribution is 2.18. The molecule has 1 aromatic carbocycles. The van der Waals surface area contributed by atoms with Gasteiger partial charge >= 0.3 is 0 Å². The Balaban J connectivity index is 1.94. The van der Waals surface area contributed by atoms with Crippen LogP contribution in [0, 0.1) is 0 Å². The normalized spacial score (nSPS) is 16.0. The molecule has 0 radical (unpaired) electrons. The van der Waals surface area contributed by atoms with Crippen LogP contribution in [0.1, 0.15) is 37.0 Å². The number of likely N-dealkylation sites (tertiary alicyclic amines) is 1. The van der Waals surface area contributed by atoms with E-state index in [0.29, 0.717) is 0 Å². The number of hydrogen-bond donors (Lipinski definition) is 0. The Morgan fingerprint density at radius 2 is 1.80 bits per heavy atom. The molecule has 0 atom stereocenters. The minimum Gasteiger partial charge on any atom is -0.340 e. The number of carbonyl (C=O) groups is 2. The van der Waals surface area contributed by atoms with E-state index in [2.05, 4.69) is 0 Å². The molecule has 0 aliphatic carbocycles. The summed E-state index contributed by atoms with van der Waals surface area (Å²) in [6.07, 6.45) is 1.73. The number of amides is 2. The topological polar surface area (TPSA) is 40.6 Å². The summed E-state index contributed by atoms with van der Waals surface area (Å²) >= 11 is 0. The summed E-state index contributed by atoms with van der Waals surface area (Å²) in [6.45, 7) is 5.81. The fourth-order valence-electron chi connectivity index (χ4n) is 2.88. The first-order valence-corrected chi connectivity index (χ1v) is 7.25. The summed E-state index contributed by atoms with van der Waals surface area (Å²) in [6, 6.07) is 9.65. The summed E-state index contributed by atoms with van der Waals surface area (Å²) in [5.74, 6) is 0.218. The quantitative estimate of drug-likeness (QED) is 0.847. The Labute approximate surface area is 120 Å². The van der Waals surface area contributed by atoms with E-state index in [1.54, 1.807) is 6.92 Å². The van der Waals surface area contributed by atoms with Crippen LogP contribution in [0.25, 0.3) is 0 Å². The van der Waals surface area contributed by atoms with E-state index in [4.69, 9.17) is 0 Å². The molecule has 4 heteroatoms.